The van der Waals surface area contributed by atoms with Gasteiger partial charge in [-0.3, -0.25) is 9.78 Å². The van der Waals surface area contributed by atoms with Crippen molar-refractivity contribution in [3.8, 4) is 11.5 Å². The molecule has 3 rings (SSSR count). The number of hydrogen-bond donors (Lipinski definition) is 2. The van der Waals surface area contributed by atoms with Gasteiger partial charge in [0.2, 0.25) is 5.91 Å². The van der Waals surface area contributed by atoms with Gasteiger partial charge in [0.25, 0.3) is 0 Å². The predicted molar refractivity (Wildman–Crippen MR) is 107 cm³/mol. The average Bonchev–Trinajstić information content (AvgIpc) is 3.13. The number of urea groups is 1. The van der Waals surface area contributed by atoms with Gasteiger partial charge in [-0.25, -0.2) is 4.79 Å². The zero-order valence-corrected chi connectivity index (χ0v) is 16.4. The molecule has 28 heavy (non-hydrogen) atoms. The van der Waals surface area contributed by atoms with Crippen LogP contribution in [0.3, 0.4) is 0 Å². The minimum atomic E-state index is -0.506. The van der Waals surface area contributed by atoms with E-state index in [0.717, 1.165) is 6.42 Å². The number of carbonyl (C=O) groups excluding carboxylic acids is 2. The predicted octanol–water partition coefficient (Wildman–Crippen LogP) is 3.78. The largest absolute Gasteiger partial charge is 0.454 e. The molecule has 2 heterocycles. The minimum absolute atomic E-state index is 0.218. The first kappa shape index (κ1) is 19.7. The molecule has 1 aromatic carbocycles. The zero-order valence-electron chi connectivity index (χ0n) is 16.4. The number of pyridine rings is 1. The summed E-state index contributed by atoms with van der Waals surface area (Å²) in [6, 6.07) is 10.1. The van der Waals surface area contributed by atoms with Gasteiger partial charge in [0, 0.05) is 18.3 Å². The summed E-state index contributed by atoms with van der Waals surface area (Å²) >= 11 is 0. The van der Waals surface area contributed by atoms with E-state index in [1.807, 2.05) is 32.9 Å². The molecule has 1 atom stereocenters. The number of nitrogens with one attached hydrogen (secondary N) is 2. The molecule has 1 aliphatic heterocycles. The smallest absolute Gasteiger partial charge is 0.318 e. The Morgan fingerprint density at radius 1 is 1.18 bits per heavy atom. The van der Waals surface area contributed by atoms with Gasteiger partial charge in [-0.2, -0.15) is 0 Å². The van der Waals surface area contributed by atoms with Gasteiger partial charge in [-0.15, -0.1) is 0 Å². The first-order valence-corrected chi connectivity index (χ1v) is 9.40. The van der Waals surface area contributed by atoms with Crippen LogP contribution >= 0.6 is 0 Å². The summed E-state index contributed by atoms with van der Waals surface area (Å²) in [5.41, 5.74) is 0.199. The fourth-order valence-corrected chi connectivity index (χ4v) is 3.08. The van der Waals surface area contributed by atoms with E-state index in [9.17, 15) is 9.59 Å². The van der Waals surface area contributed by atoms with Crippen LogP contribution in [0, 0.1) is 0 Å². The van der Waals surface area contributed by atoms with Crippen LogP contribution in [0.25, 0.3) is 0 Å². The summed E-state index contributed by atoms with van der Waals surface area (Å²) in [4.78, 5) is 31.1. The van der Waals surface area contributed by atoms with Gasteiger partial charge in [0.1, 0.15) is 11.8 Å². The van der Waals surface area contributed by atoms with E-state index in [0.29, 0.717) is 30.2 Å². The number of para-hydroxylation sites is 2. The summed E-state index contributed by atoms with van der Waals surface area (Å²) in [5.74, 6) is 0.882. The second kappa shape index (κ2) is 8.29. The van der Waals surface area contributed by atoms with Gasteiger partial charge < -0.3 is 20.3 Å². The van der Waals surface area contributed by atoms with Crippen molar-refractivity contribution in [1.82, 2.24) is 15.2 Å². The Morgan fingerprint density at radius 3 is 2.68 bits per heavy atom. The van der Waals surface area contributed by atoms with Crippen LogP contribution < -0.4 is 15.4 Å². The van der Waals surface area contributed by atoms with Crippen LogP contribution in [0.5, 0.6) is 11.5 Å². The van der Waals surface area contributed by atoms with E-state index in [2.05, 4.69) is 15.6 Å². The SMILES string of the molecule is CC(C)(C)NC(=O)N1CCC[C@@H]1C(=O)Nc1ccccc1Oc1cccnc1. The molecule has 0 unspecified atom stereocenters. The summed E-state index contributed by atoms with van der Waals surface area (Å²) in [6.45, 7) is 6.32. The van der Waals surface area contributed by atoms with Crippen molar-refractivity contribution in [2.75, 3.05) is 11.9 Å². The number of hydrogen-bond acceptors (Lipinski definition) is 4. The zero-order chi connectivity index (χ0) is 20.1. The highest BCUT2D eigenvalue weighted by Crippen LogP contribution is 2.30. The molecule has 0 aliphatic carbocycles. The topological polar surface area (TPSA) is 83.6 Å². The number of benzene rings is 1. The fourth-order valence-electron chi connectivity index (χ4n) is 3.08. The monoisotopic (exact) mass is 382 g/mol. The number of anilines is 1. The highest BCUT2D eigenvalue weighted by Gasteiger charge is 2.35. The van der Waals surface area contributed by atoms with E-state index in [4.69, 9.17) is 4.74 Å². The summed E-state index contributed by atoms with van der Waals surface area (Å²) < 4.78 is 5.84. The molecule has 1 saturated heterocycles. The Labute approximate surface area is 165 Å². The third-order valence-electron chi connectivity index (χ3n) is 4.31. The van der Waals surface area contributed by atoms with Gasteiger partial charge in [-0.1, -0.05) is 12.1 Å². The van der Waals surface area contributed by atoms with Crippen LogP contribution in [0.4, 0.5) is 10.5 Å². The van der Waals surface area contributed by atoms with Crippen molar-refractivity contribution in [3.05, 3.63) is 48.8 Å². The number of carbonyl (C=O) groups is 2. The lowest BCUT2D eigenvalue weighted by Gasteiger charge is -2.29. The van der Waals surface area contributed by atoms with Gasteiger partial charge in [-0.05, 0) is 57.9 Å². The summed E-state index contributed by atoms with van der Waals surface area (Å²) in [5, 5.41) is 5.84. The molecule has 1 aromatic heterocycles. The van der Waals surface area contributed by atoms with Crippen molar-refractivity contribution in [2.45, 2.75) is 45.2 Å². The lowest BCUT2D eigenvalue weighted by atomic mass is 10.1. The lowest BCUT2D eigenvalue weighted by Crippen LogP contribution is -2.52. The minimum Gasteiger partial charge on any atom is -0.454 e. The maximum absolute atomic E-state index is 12.9. The molecule has 2 N–H and O–H groups in total. The molecular formula is C21H26N4O3. The highest BCUT2D eigenvalue weighted by molar-refractivity contribution is 5.98. The molecule has 148 valence electrons. The Kier molecular flexibility index (Phi) is 5.82. The van der Waals surface area contributed by atoms with Crippen LogP contribution in [0.2, 0.25) is 0 Å². The normalized spacial score (nSPS) is 16.5. The van der Waals surface area contributed by atoms with Crippen LogP contribution in [-0.4, -0.2) is 39.9 Å². The molecule has 7 nitrogen and oxygen atoms in total. The molecule has 1 aliphatic rings. The molecule has 0 bridgehead atoms. The van der Waals surface area contributed by atoms with Crippen molar-refractivity contribution in [1.29, 1.82) is 0 Å². The Bertz CT molecular complexity index is 833. The van der Waals surface area contributed by atoms with E-state index < -0.39 is 6.04 Å². The van der Waals surface area contributed by atoms with E-state index in [-0.39, 0.29) is 17.5 Å². The lowest BCUT2D eigenvalue weighted by molar-refractivity contribution is -0.119. The third kappa shape index (κ3) is 5.00. The van der Waals surface area contributed by atoms with Crippen molar-refractivity contribution in [2.24, 2.45) is 0 Å². The van der Waals surface area contributed by atoms with Crippen LogP contribution in [0.1, 0.15) is 33.6 Å². The standard InChI is InChI=1S/C21H26N4O3/c1-21(2,3)24-20(27)25-13-7-10-17(25)19(26)23-16-9-4-5-11-18(16)28-15-8-6-12-22-14-15/h4-6,8-9,11-12,14,17H,7,10,13H2,1-3H3,(H,23,26)(H,24,27)/t17-/m1/s1. The van der Waals surface area contributed by atoms with Crippen molar-refractivity contribution >= 4 is 17.6 Å². The second-order valence-corrected chi connectivity index (χ2v) is 7.81. The average molecular weight is 382 g/mol. The van der Waals surface area contributed by atoms with E-state index in [1.165, 1.54) is 0 Å². The molecule has 1 fully saturated rings. The van der Waals surface area contributed by atoms with Gasteiger partial charge in [0.15, 0.2) is 5.75 Å². The van der Waals surface area contributed by atoms with Crippen LogP contribution in [0.15, 0.2) is 48.8 Å². The summed E-state index contributed by atoms with van der Waals surface area (Å²) in [7, 11) is 0. The first-order chi connectivity index (χ1) is 13.3. The Balaban J connectivity index is 1.71. The van der Waals surface area contributed by atoms with E-state index >= 15 is 0 Å². The Morgan fingerprint density at radius 2 is 1.96 bits per heavy atom. The molecule has 7 heteroatoms. The van der Waals surface area contributed by atoms with Gasteiger partial charge in [0.05, 0.1) is 11.9 Å². The molecule has 2 aromatic rings. The molecule has 0 saturated carbocycles. The quantitative estimate of drug-likeness (QED) is 0.843. The highest BCUT2D eigenvalue weighted by atomic mass is 16.5. The second-order valence-electron chi connectivity index (χ2n) is 7.81. The Hall–Kier alpha value is -3.09. The third-order valence-corrected chi connectivity index (χ3v) is 4.31. The molecular weight excluding hydrogens is 356 g/mol. The van der Waals surface area contributed by atoms with Gasteiger partial charge >= 0.3 is 6.03 Å². The molecule has 0 spiro atoms. The summed E-state index contributed by atoms with van der Waals surface area (Å²) in [6.07, 6.45) is 4.70. The number of nitrogens with zero attached hydrogens (tertiary/aromatic N) is 2. The maximum Gasteiger partial charge on any atom is 0.318 e. The number of aromatic nitrogens is 1. The fraction of sp³-hybridized carbons (Fsp3) is 0.381. The maximum atomic E-state index is 12.9. The molecule has 0 radical (unpaired) electrons. The van der Waals surface area contributed by atoms with Crippen LogP contribution in [-0.2, 0) is 4.79 Å². The number of amides is 3. The van der Waals surface area contributed by atoms with Crippen molar-refractivity contribution < 1.29 is 14.3 Å². The number of ether oxygens (including phenoxy) is 1. The first-order valence-electron chi connectivity index (χ1n) is 9.40. The number of likely N-dealkylation sites (tertiary alicyclic amines) is 1. The molecule has 3 amide bonds. The van der Waals surface area contributed by atoms with E-state index in [1.54, 1.807) is 41.6 Å². The van der Waals surface area contributed by atoms with Crippen molar-refractivity contribution in [3.63, 3.8) is 0 Å². The number of rotatable bonds is 4.